The number of amides is 1. The van der Waals surface area contributed by atoms with Crippen LogP contribution in [0.25, 0.3) is 22.5 Å². The molecule has 0 radical (unpaired) electrons. The minimum atomic E-state index is -4.62. The van der Waals surface area contributed by atoms with E-state index in [1.165, 1.54) is 10.9 Å². The minimum Gasteiger partial charge on any atom is -0.482 e. The van der Waals surface area contributed by atoms with Gasteiger partial charge in [-0.1, -0.05) is 54.9 Å². The largest absolute Gasteiger partial charge is 0.482 e. The first-order valence-electron chi connectivity index (χ1n) is 17.4. The third-order valence-electron chi connectivity index (χ3n) is 8.99. The van der Waals surface area contributed by atoms with Crippen LogP contribution in [0.5, 0.6) is 17.4 Å². The Morgan fingerprint density at radius 2 is 1.89 bits per heavy atom. The molecule has 0 atom stereocenters. The fourth-order valence-corrected chi connectivity index (χ4v) is 6.48. The third kappa shape index (κ3) is 7.92. The second-order valence-corrected chi connectivity index (χ2v) is 13.1. The van der Waals surface area contributed by atoms with Gasteiger partial charge in [0.2, 0.25) is 17.4 Å². The molecule has 4 heterocycles. The highest BCUT2D eigenvalue weighted by Crippen LogP contribution is 2.37. The predicted octanol–water partition coefficient (Wildman–Crippen LogP) is 7.29. The molecular formula is C39H34ClF3N8O5. The Hall–Kier alpha value is -6.26. The number of rotatable bonds is 11. The Balaban J connectivity index is 1.26. The number of fused-ring (bicyclic) bond motifs is 1. The van der Waals surface area contributed by atoms with Crippen LogP contribution in [0.3, 0.4) is 0 Å². The number of nitrogens with zero attached hydrogens (tertiary/aromatic N) is 6. The number of nitrogen functional groups attached to an aromatic ring is 1. The molecule has 17 heteroatoms. The Labute approximate surface area is 322 Å². The summed E-state index contributed by atoms with van der Waals surface area (Å²) in [5, 5.41) is 6.84. The smallest absolute Gasteiger partial charge is 0.416 e. The van der Waals surface area contributed by atoms with Crippen molar-refractivity contribution in [1.29, 1.82) is 0 Å². The molecular weight excluding hydrogens is 753 g/mol. The Kier molecular flexibility index (Phi) is 10.8. The van der Waals surface area contributed by atoms with E-state index in [0.717, 1.165) is 33.9 Å². The predicted molar refractivity (Wildman–Crippen MR) is 203 cm³/mol. The number of aromatic nitrogens is 6. The number of ether oxygens (including phenoxy) is 3. The van der Waals surface area contributed by atoms with Gasteiger partial charge in [0.05, 0.1) is 40.7 Å². The molecule has 0 saturated heterocycles. The lowest BCUT2D eigenvalue weighted by molar-refractivity contribution is -0.137. The molecule has 3 N–H and O–H groups in total. The van der Waals surface area contributed by atoms with Crippen molar-refractivity contribution in [3.63, 3.8) is 0 Å². The summed E-state index contributed by atoms with van der Waals surface area (Å²) in [5.41, 5.74) is 8.46. The molecule has 0 aliphatic carbocycles. The van der Waals surface area contributed by atoms with Crippen LogP contribution in [0.15, 0.2) is 83.9 Å². The van der Waals surface area contributed by atoms with E-state index in [9.17, 15) is 22.8 Å². The zero-order valence-electron chi connectivity index (χ0n) is 30.1. The number of hydrogen-bond donors (Lipinski definition) is 2. The van der Waals surface area contributed by atoms with E-state index in [0.29, 0.717) is 48.1 Å². The van der Waals surface area contributed by atoms with Gasteiger partial charge in [0.25, 0.3) is 11.4 Å². The number of benzene rings is 3. The highest BCUT2D eigenvalue weighted by Gasteiger charge is 2.31. The van der Waals surface area contributed by atoms with Crippen LogP contribution in [-0.2, 0) is 35.3 Å². The lowest BCUT2D eigenvalue weighted by atomic mass is 10.0. The van der Waals surface area contributed by atoms with Crippen molar-refractivity contribution in [2.24, 2.45) is 0 Å². The van der Waals surface area contributed by atoms with Crippen molar-refractivity contribution >= 4 is 40.2 Å². The van der Waals surface area contributed by atoms with Crippen LogP contribution in [0.1, 0.15) is 41.7 Å². The molecule has 0 spiro atoms. The maximum atomic E-state index is 14.4. The number of aryl methyl sites for hydroxylation is 1. The maximum Gasteiger partial charge on any atom is 0.416 e. The monoisotopic (exact) mass is 786 g/mol. The Morgan fingerprint density at radius 3 is 2.59 bits per heavy atom. The number of alkyl halides is 3. The molecule has 0 bridgehead atoms. The number of nitrogens with one attached hydrogen (secondary N) is 1. The molecule has 288 valence electrons. The molecule has 0 saturated carbocycles. The summed E-state index contributed by atoms with van der Waals surface area (Å²) in [6.07, 6.45) is -0.694. The number of halogens is 4. The zero-order valence-corrected chi connectivity index (χ0v) is 30.8. The van der Waals surface area contributed by atoms with Gasteiger partial charge in [-0.15, -0.1) is 5.10 Å². The standard InChI is InChI=1S/C39H34ClF3N8O5/c1-3-31-33(27-11-10-26(18-29(27)44)56-36-34(22(2)45-21-46-36)55-20-23-7-5-4-6-8-23)37(53)51-38(48-35(49-51)24-13-15-54-16-14-24)50(31)19-32(52)47-30-12-9-25(17-28(30)40)39(41,42)43/h4-13,17-18,21H,3,14-16,19-20,44H2,1-2H3,(H,47,52). The topological polar surface area (TPSA) is 161 Å². The third-order valence-corrected chi connectivity index (χ3v) is 9.30. The van der Waals surface area contributed by atoms with Crippen molar-refractivity contribution in [2.45, 2.75) is 46.0 Å². The molecule has 56 heavy (non-hydrogen) atoms. The number of carbonyl (C=O) groups excluding carboxylic acids is 1. The molecule has 1 amide bonds. The molecule has 1 aliphatic rings. The van der Waals surface area contributed by atoms with Crippen LogP contribution in [-0.4, -0.2) is 48.3 Å². The fraction of sp³-hybridized carbons (Fsp3) is 0.231. The van der Waals surface area contributed by atoms with Gasteiger partial charge in [0, 0.05) is 23.0 Å². The van der Waals surface area contributed by atoms with Crippen molar-refractivity contribution in [3.8, 4) is 28.5 Å². The average molecular weight is 787 g/mol. The van der Waals surface area contributed by atoms with Crippen LogP contribution < -0.4 is 26.1 Å². The normalized spacial score (nSPS) is 13.1. The summed E-state index contributed by atoms with van der Waals surface area (Å²) in [6.45, 7) is 4.20. The first kappa shape index (κ1) is 38.0. The zero-order chi connectivity index (χ0) is 39.6. The number of hydrogen-bond acceptors (Lipinski definition) is 10. The van der Waals surface area contributed by atoms with Crippen LogP contribution in [0, 0.1) is 6.92 Å². The molecule has 0 unspecified atom stereocenters. The highest BCUT2D eigenvalue weighted by molar-refractivity contribution is 6.33. The van der Waals surface area contributed by atoms with Gasteiger partial charge < -0.3 is 29.8 Å². The quantitative estimate of drug-likeness (QED) is 0.128. The second kappa shape index (κ2) is 15.8. The summed E-state index contributed by atoms with van der Waals surface area (Å²) >= 11 is 6.15. The van der Waals surface area contributed by atoms with Crippen LogP contribution in [0.2, 0.25) is 5.02 Å². The lowest BCUT2D eigenvalue weighted by Gasteiger charge is -2.19. The van der Waals surface area contributed by atoms with Gasteiger partial charge in [0.1, 0.15) is 25.2 Å². The lowest BCUT2D eigenvalue weighted by Crippen LogP contribution is -2.29. The van der Waals surface area contributed by atoms with Gasteiger partial charge >= 0.3 is 6.18 Å². The van der Waals surface area contributed by atoms with E-state index in [1.54, 1.807) is 32.0 Å². The second-order valence-electron chi connectivity index (χ2n) is 12.7. The Bertz CT molecular complexity index is 2540. The molecule has 3 aromatic carbocycles. The van der Waals surface area contributed by atoms with Crippen molar-refractivity contribution in [2.75, 3.05) is 24.3 Å². The first-order chi connectivity index (χ1) is 26.9. The van der Waals surface area contributed by atoms with E-state index in [4.69, 9.17) is 31.5 Å². The first-order valence-corrected chi connectivity index (χ1v) is 17.8. The van der Waals surface area contributed by atoms with E-state index in [-0.39, 0.29) is 52.5 Å². The SMILES string of the molecule is CCc1c(-c2ccc(Oc3ncnc(C)c3OCc3ccccc3)cc2N)c(=O)n2nc(C3=CCOCC3)nc2n1CC(=O)Nc1ccc(C(F)(F)F)cc1Cl. The molecule has 3 aromatic heterocycles. The number of nitrogens with two attached hydrogens (primary N) is 1. The van der Waals surface area contributed by atoms with E-state index in [1.807, 2.05) is 36.4 Å². The Morgan fingerprint density at radius 1 is 1.09 bits per heavy atom. The molecule has 7 rings (SSSR count). The van der Waals surface area contributed by atoms with Gasteiger partial charge in [-0.2, -0.15) is 27.7 Å². The molecule has 6 aromatic rings. The van der Waals surface area contributed by atoms with E-state index < -0.39 is 29.8 Å². The fourth-order valence-electron chi connectivity index (χ4n) is 6.25. The van der Waals surface area contributed by atoms with Crippen LogP contribution >= 0.6 is 11.6 Å². The van der Waals surface area contributed by atoms with Gasteiger partial charge in [-0.25, -0.2) is 4.98 Å². The summed E-state index contributed by atoms with van der Waals surface area (Å²) in [6, 6.07) is 17.0. The minimum absolute atomic E-state index is 0.0261. The van der Waals surface area contributed by atoms with E-state index >= 15 is 0 Å². The van der Waals surface area contributed by atoms with E-state index in [2.05, 4.69) is 25.4 Å². The highest BCUT2D eigenvalue weighted by atomic mass is 35.5. The number of carbonyl (C=O) groups is 1. The summed E-state index contributed by atoms with van der Waals surface area (Å²) in [7, 11) is 0. The average Bonchev–Trinajstić information content (AvgIpc) is 3.63. The van der Waals surface area contributed by atoms with Gasteiger partial charge in [0.15, 0.2) is 5.82 Å². The maximum absolute atomic E-state index is 14.4. The van der Waals surface area contributed by atoms with Crippen molar-refractivity contribution in [1.82, 2.24) is 29.1 Å². The van der Waals surface area contributed by atoms with Crippen LogP contribution in [0.4, 0.5) is 24.5 Å². The molecule has 1 aliphatic heterocycles. The number of anilines is 2. The summed E-state index contributed by atoms with van der Waals surface area (Å²) < 4.78 is 60.1. The van der Waals surface area contributed by atoms with Crippen molar-refractivity contribution < 1.29 is 32.2 Å². The summed E-state index contributed by atoms with van der Waals surface area (Å²) in [4.78, 5) is 41.2. The van der Waals surface area contributed by atoms with Gasteiger partial charge in [-0.05, 0) is 61.2 Å². The molecule has 13 nitrogen and oxygen atoms in total. The molecule has 0 fully saturated rings. The van der Waals surface area contributed by atoms with Gasteiger partial charge in [-0.3, -0.25) is 9.59 Å². The summed E-state index contributed by atoms with van der Waals surface area (Å²) in [5.74, 6) is 0.526. The van der Waals surface area contributed by atoms with Crippen molar-refractivity contribution in [3.05, 3.63) is 123 Å².